The summed E-state index contributed by atoms with van der Waals surface area (Å²) >= 11 is 0. The predicted molar refractivity (Wildman–Crippen MR) is 109 cm³/mol. The molecule has 0 bridgehead atoms. The van der Waals surface area contributed by atoms with E-state index in [0.29, 0.717) is 0 Å². The largest absolute Gasteiger partial charge is 0.0782 e. The molecule has 0 aromatic heterocycles. The van der Waals surface area contributed by atoms with Gasteiger partial charge in [-0.15, -0.1) is 0 Å². The van der Waals surface area contributed by atoms with Crippen LogP contribution in [-0.4, -0.2) is 0 Å². The van der Waals surface area contributed by atoms with Crippen LogP contribution in [0.2, 0.25) is 0 Å². The van der Waals surface area contributed by atoms with Gasteiger partial charge in [0.25, 0.3) is 0 Å². The van der Waals surface area contributed by atoms with Gasteiger partial charge < -0.3 is 0 Å². The van der Waals surface area contributed by atoms with Crippen LogP contribution < -0.4 is 10.4 Å². The number of benzene rings is 1. The van der Waals surface area contributed by atoms with Crippen LogP contribution in [-0.2, 0) is 11.8 Å². The van der Waals surface area contributed by atoms with Crippen LogP contribution in [0.5, 0.6) is 0 Å². The Hall–Kier alpha value is -1.82. The lowest BCUT2D eigenvalue weighted by Gasteiger charge is -2.27. The summed E-state index contributed by atoms with van der Waals surface area (Å²) in [5, 5.41) is 3.09. The van der Waals surface area contributed by atoms with Crippen molar-refractivity contribution >= 4 is 22.8 Å². The molecule has 0 radical (unpaired) electrons. The molecule has 0 spiro atoms. The van der Waals surface area contributed by atoms with Crippen LogP contribution >= 0.6 is 0 Å². The summed E-state index contributed by atoms with van der Waals surface area (Å²) in [5.41, 5.74) is 13.2. The topological polar surface area (TPSA) is 0 Å². The SMILES string of the molecule is CC1=CC=c2c1c1c(c3c2=C(C)CC3(C)C)CC2=C1CC(C)(C)C=C2. The quantitative estimate of drug-likeness (QED) is 0.626. The smallest absolute Gasteiger partial charge is 0.00135 e. The number of rotatable bonds is 0. The molecular weight excluding hydrogens is 300 g/mol. The van der Waals surface area contributed by atoms with Crippen LogP contribution in [0.1, 0.15) is 76.6 Å². The highest BCUT2D eigenvalue weighted by Crippen LogP contribution is 2.50. The van der Waals surface area contributed by atoms with Gasteiger partial charge in [0.2, 0.25) is 0 Å². The molecule has 0 nitrogen and oxygen atoms in total. The van der Waals surface area contributed by atoms with Gasteiger partial charge in [-0.05, 0) is 93.4 Å². The lowest BCUT2D eigenvalue weighted by molar-refractivity contribution is 0.491. The first-order chi connectivity index (χ1) is 11.7. The summed E-state index contributed by atoms with van der Waals surface area (Å²) < 4.78 is 0. The number of fused-ring (bicyclic) bond motifs is 7. The molecule has 0 fully saturated rings. The van der Waals surface area contributed by atoms with Crippen molar-refractivity contribution in [3.8, 4) is 0 Å². The summed E-state index contributed by atoms with van der Waals surface area (Å²) in [5.74, 6) is 0. The second kappa shape index (κ2) is 4.47. The molecule has 4 aliphatic rings. The first-order valence-corrected chi connectivity index (χ1v) is 9.69. The van der Waals surface area contributed by atoms with E-state index >= 15 is 0 Å². The molecule has 0 aliphatic heterocycles. The van der Waals surface area contributed by atoms with E-state index in [0.717, 1.165) is 6.42 Å². The van der Waals surface area contributed by atoms with E-state index in [-0.39, 0.29) is 10.8 Å². The van der Waals surface area contributed by atoms with Crippen LogP contribution in [0, 0.1) is 5.41 Å². The third-order valence-electron chi connectivity index (χ3n) is 6.77. The summed E-state index contributed by atoms with van der Waals surface area (Å²) in [7, 11) is 0. The van der Waals surface area contributed by atoms with E-state index in [1.165, 1.54) is 23.6 Å². The fourth-order valence-electron chi connectivity index (χ4n) is 5.89. The molecule has 0 unspecified atom stereocenters. The minimum Gasteiger partial charge on any atom is -0.0782 e. The van der Waals surface area contributed by atoms with Crippen LogP contribution in [0.25, 0.3) is 22.8 Å². The lowest BCUT2D eigenvalue weighted by Crippen LogP contribution is -2.35. The Labute approximate surface area is 151 Å². The zero-order valence-electron chi connectivity index (χ0n) is 16.4. The molecule has 0 amide bonds. The maximum atomic E-state index is 2.45. The Kier molecular flexibility index (Phi) is 2.76. The fourth-order valence-corrected chi connectivity index (χ4v) is 5.89. The minimum atomic E-state index is 0.261. The van der Waals surface area contributed by atoms with Crippen LogP contribution in [0.15, 0.2) is 23.8 Å². The monoisotopic (exact) mass is 328 g/mol. The average Bonchev–Trinajstić information content (AvgIpc) is 3.11. The number of allylic oxidation sites excluding steroid dienone is 6. The first kappa shape index (κ1) is 15.4. The summed E-state index contributed by atoms with van der Waals surface area (Å²) in [6.45, 7) is 14.3. The van der Waals surface area contributed by atoms with Gasteiger partial charge in [0.15, 0.2) is 0 Å². The second-order valence-electron chi connectivity index (χ2n) is 9.93. The molecule has 0 saturated heterocycles. The van der Waals surface area contributed by atoms with Gasteiger partial charge >= 0.3 is 0 Å². The van der Waals surface area contributed by atoms with Crippen LogP contribution in [0.3, 0.4) is 0 Å². The number of hydrogen-bond donors (Lipinski definition) is 0. The molecule has 0 heteroatoms. The summed E-state index contributed by atoms with van der Waals surface area (Å²) in [6, 6.07) is 0. The zero-order chi connectivity index (χ0) is 17.7. The Morgan fingerprint density at radius 2 is 1.68 bits per heavy atom. The summed E-state index contributed by atoms with van der Waals surface area (Å²) in [4.78, 5) is 0. The average molecular weight is 328 g/mol. The first-order valence-electron chi connectivity index (χ1n) is 9.69. The van der Waals surface area contributed by atoms with E-state index < -0.39 is 0 Å². The molecule has 0 atom stereocenters. The highest BCUT2D eigenvalue weighted by Gasteiger charge is 2.39. The summed E-state index contributed by atoms with van der Waals surface area (Å²) in [6.07, 6.45) is 13.1. The standard InChI is InChI=1S/C25H28/c1-14-7-8-17-20(14)22-18(23-21(17)15(2)12-25(23,5)6)11-16-9-10-24(3,4)13-19(16)22/h7-10H,11-13H2,1-6H3. The Balaban J connectivity index is 1.92. The van der Waals surface area contributed by atoms with Gasteiger partial charge in [-0.25, -0.2) is 0 Å². The molecule has 0 heterocycles. The Morgan fingerprint density at radius 3 is 2.44 bits per heavy atom. The number of hydrogen-bond acceptors (Lipinski definition) is 0. The van der Waals surface area contributed by atoms with Crippen molar-refractivity contribution < 1.29 is 0 Å². The minimum absolute atomic E-state index is 0.261. The molecule has 25 heavy (non-hydrogen) atoms. The van der Waals surface area contributed by atoms with E-state index in [2.05, 4.69) is 65.8 Å². The van der Waals surface area contributed by atoms with E-state index in [9.17, 15) is 0 Å². The molecule has 128 valence electrons. The maximum Gasteiger partial charge on any atom is -0.00135 e. The predicted octanol–water partition coefficient (Wildman–Crippen LogP) is 5.03. The maximum absolute atomic E-state index is 2.45. The van der Waals surface area contributed by atoms with E-state index in [4.69, 9.17) is 0 Å². The molecule has 5 rings (SSSR count). The van der Waals surface area contributed by atoms with Crippen molar-refractivity contribution in [1.29, 1.82) is 0 Å². The lowest BCUT2D eigenvalue weighted by atomic mass is 9.76. The Bertz CT molecular complexity index is 1060. The second-order valence-corrected chi connectivity index (χ2v) is 9.93. The zero-order valence-corrected chi connectivity index (χ0v) is 16.4. The van der Waals surface area contributed by atoms with Crippen LogP contribution in [0.4, 0.5) is 0 Å². The highest BCUT2D eigenvalue weighted by molar-refractivity contribution is 5.93. The van der Waals surface area contributed by atoms with Gasteiger partial charge in [0.05, 0.1) is 0 Å². The molecule has 0 saturated carbocycles. The van der Waals surface area contributed by atoms with Gasteiger partial charge in [0.1, 0.15) is 0 Å². The van der Waals surface area contributed by atoms with Crippen molar-refractivity contribution in [2.75, 3.05) is 0 Å². The molecule has 4 aliphatic carbocycles. The fraction of sp³-hybridized carbons (Fsp3) is 0.440. The Morgan fingerprint density at radius 1 is 0.920 bits per heavy atom. The van der Waals surface area contributed by atoms with Crippen molar-refractivity contribution in [2.45, 2.75) is 66.2 Å². The van der Waals surface area contributed by atoms with Crippen molar-refractivity contribution in [3.05, 3.63) is 56.5 Å². The molecule has 1 aromatic rings. The third kappa shape index (κ3) is 1.89. The van der Waals surface area contributed by atoms with Crippen molar-refractivity contribution in [1.82, 2.24) is 0 Å². The van der Waals surface area contributed by atoms with Crippen molar-refractivity contribution in [2.24, 2.45) is 5.41 Å². The normalized spacial score (nSPS) is 23.9. The molecule has 0 N–H and O–H groups in total. The van der Waals surface area contributed by atoms with Gasteiger partial charge in [-0.3, -0.25) is 0 Å². The highest BCUT2D eigenvalue weighted by atomic mass is 14.4. The van der Waals surface area contributed by atoms with Gasteiger partial charge in [0, 0.05) is 0 Å². The third-order valence-corrected chi connectivity index (χ3v) is 6.77. The molecular formula is C25H28. The van der Waals surface area contributed by atoms with Crippen molar-refractivity contribution in [3.63, 3.8) is 0 Å². The van der Waals surface area contributed by atoms with Gasteiger partial charge in [-0.1, -0.05) is 57.6 Å². The molecule has 1 aromatic carbocycles. The van der Waals surface area contributed by atoms with E-state index in [1.807, 2.05) is 0 Å². The van der Waals surface area contributed by atoms with Gasteiger partial charge in [-0.2, -0.15) is 0 Å². The van der Waals surface area contributed by atoms with E-state index in [1.54, 1.807) is 44.2 Å².